The number of carbonyl (C=O) groups is 2. The van der Waals surface area contributed by atoms with Crippen molar-refractivity contribution in [1.29, 1.82) is 0 Å². The maximum absolute atomic E-state index is 12.3. The topological polar surface area (TPSA) is 49.4 Å². The van der Waals surface area contributed by atoms with Crippen molar-refractivity contribution in [3.8, 4) is 0 Å². The van der Waals surface area contributed by atoms with E-state index in [0.29, 0.717) is 12.5 Å². The first-order valence-corrected chi connectivity index (χ1v) is 6.82. The Labute approximate surface area is 112 Å². The van der Waals surface area contributed by atoms with E-state index in [4.69, 9.17) is 0 Å². The average Bonchev–Trinajstić information content (AvgIpc) is 3.21. The zero-order valence-electron chi connectivity index (χ0n) is 11.0. The molecule has 0 aromatic heterocycles. The highest BCUT2D eigenvalue weighted by molar-refractivity contribution is 5.97. The number of rotatable bonds is 3. The van der Waals surface area contributed by atoms with Crippen molar-refractivity contribution in [1.82, 2.24) is 10.2 Å². The number of amides is 2. The van der Waals surface area contributed by atoms with Crippen LogP contribution in [-0.4, -0.2) is 29.3 Å². The van der Waals surface area contributed by atoms with E-state index in [1.165, 1.54) is 12.8 Å². The normalized spacial score (nSPS) is 27.3. The Morgan fingerprint density at radius 1 is 1.21 bits per heavy atom. The van der Waals surface area contributed by atoms with Crippen LogP contribution in [0, 0.1) is 5.92 Å². The number of carbonyl (C=O) groups excluding carboxylic acids is 2. The van der Waals surface area contributed by atoms with Gasteiger partial charge < -0.3 is 10.2 Å². The summed E-state index contributed by atoms with van der Waals surface area (Å²) in [5.74, 6) is 0.535. The van der Waals surface area contributed by atoms with E-state index < -0.39 is 12.1 Å². The van der Waals surface area contributed by atoms with Gasteiger partial charge in [-0.1, -0.05) is 30.3 Å². The SMILES string of the molecule is CC1NC(=O)C(c2ccccc2)N(CC2CC2)C1=O. The summed E-state index contributed by atoms with van der Waals surface area (Å²) in [6.07, 6.45) is 2.34. The lowest BCUT2D eigenvalue weighted by molar-refractivity contribution is -0.149. The quantitative estimate of drug-likeness (QED) is 0.893. The molecule has 4 heteroatoms. The van der Waals surface area contributed by atoms with Gasteiger partial charge >= 0.3 is 0 Å². The van der Waals surface area contributed by atoms with Gasteiger partial charge in [0, 0.05) is 6.54 Å². The summed E-state index contributed by atoms with van der Waals surface area (Å²) in [6, 6.07) is 8.67. The zero-order valence-corrected chi connectivity index (χ0v) is 11.0. The van der Waals surface area contributed by atoms with Crippen molar-refractivity contribution in [2.75, 3.05) is 6.54 Å². The number of hydrogen-bond donors (Lipinski definition) is 1. The Hall–Kier alpha value is -1.84. The molecule has 1 aromatic rings. The van der Waals surface area contributed by atoms with Crippen molar-refractivity contribution >= 4 is 11.8 Å². The second kappa shape index (κ2) is 4.68. The molecule has 1 saturated carbocycles. The molecule has 0 bridgehead atoms. The van der Waals surface area contributed by atoms with Crippen molar-refractivity contribution in [2.45, 2.75) is 31.8 Å². The van der Waals surface area contributed by atoms with Gasteiger partial charge in [0.1, 0.15) is 12.1 Å². The summed E-state index contributed by atoms with van der Waals surface area (Å²) < 4.78 is 0. The van der Waals surface area contributed by atoms with E-state index >= 15 is 0 Å². The summed E-state index contributed by atoms with van der Waals surface area (Å²) >= 11 is 0. The van der Waals surface area contributed by atoms with E-state index in [1.54, 1.807) is 11.8 Å². The predicted octanol–water partition coefficient (Wildman–Crippen LogP) is 1.48. The fourth-order valence-corrected chi connectivity index (χ4v) is 2.61. The van der Waals surface area contributed by atoms with Crippen LogP contribution in [-0.2, 0) is 9.59 Å². The summed E-state index contributed by atoms with van der Waals surface area (Å²) in [5, 5.41) is 2.77. The Bertz CT molecular complexity index is 496. The Morgan fingerprint density at radius 2 is 1.89 bits per heavy atom. The third kappa shape index (κ3) is 2.35. The molecule has 2 fully saturated rings. The Morgan fingerprint density at radius 3 is 2.53 bits per heavy atom. The second-order valence-corrected chi connectivity index (χ2v) is 5.48. The highest BCUT2D eigenvalue weighted by Crippen LogP contribution is 2.34. The third-order valence-electron chi connectivity index (χ3n) is 3.84. The van der Waals surface area contributed by atoms with E-state index in [2.05, 4.69) is 5.32 Å². The molecule has 1 aliphatic carbocycles. The number of benzene rings is 1. The molecule has 2 aliphatic rings. The van der Waals surface area contributed by atoms with Crippen LogP contribution < -0.4 is 5.32 Å². The van der Waals surface area contributed by atoms with Crippen molar-refractivity contribution in [2.24, 2.45) is 5.92 Å². The maximum Gasteiger partial charge on any atom is 0.248 e. The van der Waals surface area contributed by atoms with Crippen molar-refractivity contribution in [3.63, 3.8) is 0 Å². The molecule has 1 saturated heterocycles. The van der Waals surface area contributed by atoms with Gasteiger partial charge in [-0.2, -0.15) is 0 Å². The highest BCUT2D eigenvalue weighted by atomic mass is 16.2. The fourth-order valence-electron chi connectivity index (χ4n) is 2.61. The average molecular weight is 258 g/mol. The molecule has 100 valence electrons. The minimum Gasteiger partial charge on any atom is -0.342 e. The molecule has 1 heterocycles. The van der Waals surface area contributed by atoms with Gasteiger partial charge in [-0.25, -0.2) is 0 Å². The molecular weight excluding hydrogens is 240 g/mol. The largest absolute Gasteiger partial charge is 0.342 e. The van der Waals surface area contributed by atoms with Crippen LogP contribution in [0.25, 0.3) is 0 Å². The lowest BCUT2D eigenvalue weighted by Crippen LogP contribution is -2.58. The molecule has 4 nitrogen and oxygen atoms in total. The number of nitrogens with one attached hydrogen (secondary N) is 1. The monoisotopic (exact) mass is 258 g/mol. The summed E-state index contributed by atoms with van der Waals surface area (Å²) in [6.45, 7) is 2.46. The second-order valence-electron chi connectivity index (χ2n) is 5.48. The first kappa shape index (κ1) is 12.2. The molecule has 3 rings (SSSR count). The first-order chi connectivity index (χ1) is 9.16. The van der Waals surface area contributed by atoms with E-state index in [-0.39, 0.29) is 11.8 Å². The van der Waals surface area contributed by atoms with Crippen molar-refractivity contribution in [3.05, 3.63) is 35.9 Å². The minimum atomic E-state index is -0.467. The lowest BCUT2D eigenvalue weighted by Gasteiger charge is -2.38. The first-order valence-electron chi connectivity index (χ1n) is 6.82. The van der Waals surface area contributed by atoms with Gasteiger partial charge in [0.15, 0.2) is 0 Å². The smallest absolute Gasteiger partial charge is 0.248 e. The summed E-state index contributed by atoms with van der Waals surface area (Å²) in [5.41, 5.74) is 0.890. The lowest BCUT2D eigenvalue weighted by atomic mass is 9.99. The van der Waals surface area contributed by atoms with Gasteiger partial charge in [0.25, 0.3) is 0 Å². The van der Waals surface area contributed by atoms with Crippen LogP contribution in [0.4, 0.5) is 0 Å². The molecule has 2 unspecified atom stereocenters. The van der Waals surface area contributed by atoms with Gasteiger partial charge in [-0.15, -0.1) is 0 Å². The number of nitrogens with zero attached hydrogens (tertiary/aromatic N) is 1. The molecular formula is C15H18N2O2. The van der Waals surface area contributed by atoms with Crippen molar-refractivity contribution < 1.29 is 9.59 Å². The summed E-state index contributed by atoms with van der Waals surface area (Å²) in [4.78, 5) is 26.3. The Kier molecular flexibility index (Phi) is 3.01. The third-order valence-corrected chi connectivity index (χ3v) is 3.84. The van der Waals surface area contributed by atoms with Crippen LogP contribution in [0.15, 0.2) is 30.3 Å². The van der Waals surface area contributed by atoms with Crippen LogP contribution >= 0.6 is 0 Å². The van der Waals surface area contributed by atoms with Gasteiger partial charge in [-0.05, 0) is 31.2 Å². The molecule has 2 amide bonds. The molecule has 0 spiro atoms. The molecule has 0 radical (unpaired) electrons. The molecule has 19 heavy (non-hydrogen) atoms. The number of piperazine rings is 1. The fraction of sp³-hybridized carbons (Fsp3) is 0.467. The number of hydrogen-bond acceptors (Lipinski definition) is 2. The summed E-state index contributed by atoms with van der Waals surface area (Å²) in [7, 11) is 0. The van der Waals surface area contributed by atoms with Gasteiger partial charge in [-0.3, -0.25) is 9.59 Å². The van der Waals surface area contributed by atoms with Crippen LogP contribution in [0.3, 0.4) is 0 Å². The molecule has 1 aliphatic heterocycles. The van der Waals surface area contributed by atoms with E-state index in [1.807, 2.05) is 30.3 Å². The maximum atomic E-state index is 12.3. The van der Waals surface area contributed by atoms with Gasteiger partial charge in [0.2, 0.25) is 11.8 Å². The highest BCUT2D eigenvalue weighted by Gasteiger charge is 2.41. The Balaban J connectivity index is 1.92. The zero-order chi connectivity index (χ0) is 13.4. The molecule has 2 atom stereocenters. The van der Waals surface area contributed by atoms with Crippen LogP contribution in [0.5, 0.6) is 0 Å². The van der Waals surface area contributed by atoms with Crippen LogP contribution in [0.1, 0.15) is 31.4 Å². The van der Waals surface area contributed by atoms with Gasteiger partial charge in [0.05, 0.1) is 0 Å². The van der Waals surface area contributed by atoms with E-state index in [0.717, 1.165) is 5.56 Å². The van der Waals surface area contributed by atoms with Crippen LogP contribution in [0.2, 0.25) is 0 Å². The standard InChI is InChI=1S/C15H18N2O2/c1-10-15(19)17(9-11-7-8-11)13(14(18)16-10)12-5-3-2-4-6-12/h2-6,10-11,13H,7-9H2,1H3,(H,16,18). The predicted molar refractivity (Wildman–Crippen MR) is 71.2 cm³/mol. The molecule has 1 N–H and O–H groups in total. The van der Waals surface area contributed by atoms with E-state index in [9.17, 15) is 9.59 Å². The molecule has 1 aromatic carbocycles. The minimum absolute atomic E-state index is 0.0281.